The molecule has 1 aliphatic heterocycles. The molecule has 9 nitrogen and oxygen atoms in total. The summed E-state index contributed by atoms with van der Waals surface area (Å²) in [6, 6.07) is 9.68. The van der Waals surface area contributed by atoms with Gasteiger partial charge in [0.15, 0.2) is 11.5 Å². The van der Waals surface area contributed by atoms with Crippen LogP contribution < -0.4 is 15.2 Å². The van der Waals surface area contributed by atoms with Crippen molar-refractivity contribution in [2.24, 2.45) is 5.73 Å². The van der Waals surface area contributed by atoms with Crippen LogP contribution >= 0.6 is 0 Å². The Hall–Kier alpha value is -3.59. The van der Waals surface area contributed by atoms with Crippen molar-refractivity contribution in [3.8, 4) is 11.5 Å². The minimum atomic E-state index is -0.989. The van der Waals surface area contributed by atoms with Gasteiger partial charge in [0.25, 0.3) is 5.91 Å². The molecule has 0 aliphatic carbocycles. The van der Waals surface area contributed by atoms with Gasteiger partial charge in [0.1, 0.15) is 6.04 Å². The molecule has 0 spiro atoms. The summed E-state index contributed by atoms with van der Waals surface area (Å²) in [5, 5.41) is 10.5. The Morgan fingerprint density at radius 2 is 2.00 bits per heavy atom. The summed E-state index contributed by atoms with van der Waals surface area (Å²) in [6.45, 7) is 3.87. The number of nitrogens with zero attached hydrogens (tertiary/aromatic N) is 2. The molecule has 9 heteroatoms. The summed E-state index contributed by atoms with van der Waals surface area (Å²) >= 11 is 0. The number of primary amides is 1. The second-order valence-corrected chi connectivity index (χ2v) is 7.53. The van der Waals surface area contributed by atoms with Crippen LogP contribution in [-0.4, -0.2) is 53.2 Å². The van der Waals surface area contributed by atoms with Gasteiger partial charge < -0.3 is 20.1 Å². The Kier molecular flexibility index (Phi) is 6.99. The molecule has 3 amide bonds. The average Bonchev–Trinajstić information content (AvgIpc) is 3.09. The van der Waals surface area contributed by atoms with Crippen LogP contribution in [0.2, 0.25) is 0 Å². The molecule has 32 heavy (non-hydrogen) atoms. The zero-order valence-electron chi connectivity index (χ0n) is 18.2. The summed E-state index contributed by atoms with van der Waals surface area (Å²) in [7, 11) is 1.52. The van der Waals surface area contributed by atoms with E-state index in [1.54, 1.807) is 49.4 Å². The fraction of sp³-hybridized carbons (Fsp3) is 0.348. The molecule has 0 radical (unpaired) electrons. The van der Waals surface area contributed by atoms with Crippen molar-refractivity contribution in [1.82, 2.24) is 9.96 Å². The van der Waals surface area contributed by atoms with Crippen LogP contribution in [0, 0.1) is 0 Å². The fourth-order valence-electron chi connectivity index (χ4n) is 4.06. The predicted molar refractivity (Wildman–Crippen MR) is 115 cm³/mol. The number of hydrogen-bond acceptors (Lipinski definition) is 6. The lowest BCUT2D eigenvalue weighted by Gasteiger charge is -2.35. The molecule has 170 valence electrons. The predicted octanol–water partition coefficient (Wildman–Crippen LogP) is 2.44. The number of amides is 3. The molecule has 1 heterocycles. The third-order valence-corrected chi connectivity index (χ3v) is 5.60. The number of methoxy groups -OCH3 is 1. The van der Waals surface area contributed by atoms with E-state index < -0.39 is 24.0 Å². The van der Waals surface area contributed by atoms with Gasteiger partial charge in [-0.2, -0.15) is 0 Å². The molecule has 2 aromatic carbocycles. The maximum Gasteiger partial charge on any atom is 0.255 e. The topological polar surface area (TPSA) is 122 Å². The lowest BCUT2D eigenvalue weighted by molar-refractivity contribution is -0.160. The average molecular weight is 441 g/mol. The summed E-state index contributed by atoms with van der Waals surface area (Å²) in [5.74, 6) is -0.0375. The summed E-state index contributed by atoms with van der Waals surface area (Å²) in [5.41, 5.74) is 7.29. The van der Waals surface area contributed by atoms with Crippen molar-refractivity contribution < 1.29 is 29.1 Å². The number of ether oxygens (including phenoxy) is 2. The number of hydroxylamine groups is 2. The first kappa shape index (κ1) is 23.1. The molecule has 2 aromatic rings. The third-order valence-electron chi connectivity index (χ3n) is 5.60. The van der Waals surface area contributed by atoms with Crippen molar-refractivity contribution in [3.63, 3.8) is 0 Å². The van der Waals surface area contributed by atoms with E-state index in [4.69, 9.17) is 15.2 Å². The van der Waals surface area contributed by atoms with Crippen molar-refractivity contribution in [3.05, 3.63) is 59.2 Å². The SMILES string of the molecule is CCOc1cc(C(CC(C)N(O)C=O)N2C(=O)c3ccccc3C2C(N)=O)ccc1OC. The number of rotatable bonds is 10. The summed E-state index contributed by atoms with van der Waals surface area (Å²) in [6.07, 6.45) is 0.449. The van der Waals surface area contributed by atoms with Crippen LogP contribution in [0.1, 0.15) is 53.8 Å². The minimum Gasteiger partial charge on any atom is -0.493 e. The molecule has 3 unspecified atom stereocenters. The first-order chi connectivity index (χ1) is 15.3. The van der Waals surface area contributed by atoms with Gasteiger partial charge in [0.05, 0.1) is 25.8 Å². The van der Waals surface area contributed by atoms with Gasteiger partial charge in [0.2, 0.25) is 12.3 Å². The number of carbonyl (C=O) groups is 3. The normalized spacial score (nSPS) is 16.8. The van der Waals surface area contributed by atoms with Gasteiger partial charge in [-0.3, -0.25) is 19.6 Å². The number of nitrogens with two attached hydrogens (primary N) is 1. The van der Waals surface area contributed by atoms with Crippen LogP contribution in [0.5, 0.6) is 11.5 Å². The number of benzene rings is 2. The Morgan fingerprint density at radius 1 is 1.28 bits per heavy atom. The first-order valence-electron chi connectivity index (χ1n) is 10.3. The molecule has 3 N–H and O–H groups in total. The zero-order valence-corrected chi connectivity index (χ0v) is 18.2. The molecule has 0 fully saturated rings. The number of carbonyl (C=O) groups excluding carboxylic acids is 3. The van der Waals surface area contributed by atoms with Gasteiger partial charge in [-0.1, -0.05) is 24.3 Å². The standard InChI is InChI=1S/C23H27N3O6/c1-4-32-20-12-15(9-10-19(20)31-3)18(11-14(2)25(30)13-27)26-21(22(24)28)16-7-5-6-8-17(16)23(26)29/h5-10,12-14,18,21,30H,4,11H2,1-3H3,(H2,24,28). The monoisotopic (exact) mass is 441 g/mol. The van der Waals surface area contributed by atoms with Gasteiger partial charge in [-0.15, -0.1) is 0 Å². The highest BCUT2D eigenvalue weighted by molar-refractivity contribution is 6.04. The Bertz CT molecular complexity index is 1010. The maximum absolute atomic E-state index is 13.4. The second kappa shape index (κ2) is 9.69. The van der Waals surface area contributed by atoms with E-state index in [9.17, 15) is 19.6 Å². The van der Waals surface area contributed by atoms with Crippen molar-refractivity contribution in [2.45, 2.75) is 38.4 Å². The molecule has 1 aliphatic rings. The lowest BCUT2D eigenvalue weighted by atomic mass is 9.96. The van der Waals surface area contributed by atoms with Crippen LogP contribution in [0.3, 0.4) is 0 Å². The van der Waals surface area contributed by atoms with E-state index in [0.29, 0.717) is 46.3 Å². The number of fused-ring (bicyclic) bond motifs is 1. The highest BCUT2D eigenvalue weighted by Gasteiger charge is 2.44. The van der Waals surface area contributed by atoms with E-state index in [2.05, 4.69) is 0 Å². The largest absolute Gasteiger partial charge is 0.493 e. The molecular weight excluding hydrogens is 414 g/mol. The molecule has 0 saturated carbocycles. The van der Waals surface area contributed by atoms with Crippen molar-refractivity contribution in [1.29, 1.82) is 0 Å². The Morgan fingerprint density at radius 3 is 2.62 bits per heavy atom. The fourth-order valence-corrected chi connectivity index (χ4v) is 4.06. The third kappa shape index (κ3) is 4.24. The van der Waals surface area contributed by atoms with Crippen LogP contribution in [-0.2, 0) is 9.59 Å². The molecule has 3 atom stereocenters. The maximum atomic E-state index is 13.4. The Balaban J connectivity index is 2.13. The van der Waals surface area contributed by atoms with E-state index in [1.807, 2.05) is 6.92 Å². The Labute approximate surface area is 186 Å². The first-order valence-corrected chi connectivity index (χ1v) is 10.3. The number of hydrogen-bond donors (Lipinski definition) is 2. The highest BCUT2D eigenvalue weighted by Crippen LogP contribution is 2.43. The molecule has 0 bridgehead atoms. The van der Waals surface area contributed by atoms with E-state index in [-0.39, 0.29) is 12.3 Å². The molecular formula is C23H27N3O6. The van der Waals surface area contributed by atoms with E-state index in [0.717, 1.165) is 0 Å². The quantitative estimate of drug-likeness (QED) is 0.332. The van der Waals surface area contributed by atoms with Gasteiger partial charge in [-0.05, 0) is 49.6 Å². The molecule has 3 rings (SSSR count). The van der Waals surface area contributed by atoms with Crippen LogP contribution in [0.25, 0.3) is 0 Å². The van der Waals surface area contributed by atoms with Gasteiger partial charge in [-0.25, -0.2) is 5.06 Å². The van der Waals surface area contributed by atoms with Crippen molar-refractivity contribution >= 4 is 18.2 Å². The van der Waals surface area contributed by atoms with E-state index in [1.165, 1.54) is 12.0 Å². The van der Waals surface area contributed by atoms with Crippen molar-refractivity contribution in [2.75, 3.05) is 13.7 Å². The highest BCUT2D eigenvalue weighted by atomic mass is 16.5. The van der Waals surface area contributed by atoms with Crippen LogP contribution in [0.15, 0.2) is 42.5 Å². The lowest BCUT2D eigenvalue weighted by Crippen LogP contribution is -2.41. The van der Waals surface area contributed by atoms with E-state index >= 15 is 0 Å². The molecule has 0 aromatic heterocycles. The van der Waals surface area contributed by atoms with Gasteiger partial charge >= 0.3 is 0 Å². The zero-order chi connectivity index (χ0) is 23.4. The summed E-state index contributed by atoms with van der Waals surface area (Å²) in [4.78, 5) is 38.4. The summed E-state index contributed by atoms with van der Waals surface area (Å²) < 4.78 is 11.0. The second-order valence-electron chi connectivity index (χ2n) is 7.53. The molecule has 0 saturated heterocycles. The minimum absolute atomic E-state index is 0.149. The van der Waals surface area contributed by atoms with Gasteiger partial charge in [0, 0.05) is 5.56 Å². The van der Waals surface area contributed by atoms with Crippen LogP contribution in [0.4, 0.5) is 0 Å². The smallest absolute Gasteiger partial charge is 0.255 e.